The number of pyridine rings is 1. The maximum Gasteiger partial charge on any atom is 0.435 e. The Bertz CT molecular complexity index is 1180. The molecule has 17 heteroatoms. The minimum Gasteiger partial charge on any atom is -0.324 e. The van der Waals surface area contributed by atoms with Crippen molar-refractivity contribution in [1.29, 1.82) is 0 Å². The molecule has 8 nitrogen and oxygen atoms in total. The van der Waals surface area contributed by atoms with Crippen molar-refractivity contribution in [2.45, 2.75) is 25.5 Å². The van der Waals surface area contributed by atoms with E-state index in [2.05, 4.69) is 35.3 Å². The number of nitrogens with one attached hydrogen (secondary N) is 1. The van der Waals surface area contributed by atoms with Crippen molar-refractivity contribution in [3.05, 3.63) is 42.0 Å². The Morgan fingerprint density at radius 3 is 2.15 bits per heavy atom. The molecule has 0 saturated carbocycles. The van der Waals surface area contributed by atoms with Crippen molar-refractivity contribution < 1.29 is 39.5 Å². The summed E-state index contributed by atoms with van der Waals surface area (Å²) in [6.07, 6.45) is -12.9. The zero-order valence-electron chi connectivity index (χ0n) is 15.9. The van der Waals surface area contributed by atoms with Gasteiger partial charge in [-0.05, 0) is 25.1 Å². The zero-order valence-corrected chi connectivity index (χ0v) is 15.9. The summed E-state index contributed by atoms with van der Waals surface area (Å²) in [5.74, 6) is -2.18. The standard InChI is InChI=1S/C16H9F9N8/c1-7(14(17,18)19)27-11-29-12(28-8-2-4-26-10(6-8)16(23,24)25)31-13(30-11)33-5-3-9(32-33)15(20,21)22/h2-6H,1H3,(H,26,28,29,30,31). The summed E-state index contributed by atoms with van der Waals surface area (Å²) in [4.78, 5) is 17.1. The fraction of sp³-hybridized carbons (Fsp3) is 0.250. The first-order valence-electron chi connectivity index (χ1n) is 8.45. The molecule has 0 aliphatic heterocycles. The Labute approximate surface area is 177 Å². The van der Waals surface area contributed by atoms with Gasteiger partial charge in [0.25, 0.3) is 11.9 Å². The number of halogens is 9. The summed E-state index contributed by atoms with van der Waals surface area (Å²) < 4.78 is 116. The highest BCUT2D eigenvalue weighted by atomic mass is 19.4. The molecule has 0 atom stereocenters. The van der Waals surface area contributed by atoms with E-state index in [1.807, 2.05) is 0 Å². The van der Waals surface area contributed by atoms with Gasteiger partial charge in [-0.1, -0.05) is 0 Å². The Balaban J connectivity index is 2.07. The summed E-state index contributed by atoms with van der Waals surface area (Å²) in [6, 6.07) is 2.18. The minimum absolute atomic E-state index is 0.270. The molecule has 0 aliphatic rings. The highest BCUT2D eigenvalue weighted by Crippen LogP contribution is 2.30. The molecular formula is C16H9F9N8. The number of hydrogen-bond acceptors (Lipinski definition) is 7. The first kappa shape index (κ1) is 23.9. The lowest BCUT2D eigenvalue weighted by Crippen LogP contribution is -2.19. The molecule has 3 aromatic heterocycles. The van der Waals surface area contributed by atoms with Crippen LogP contribution in [0.25, 0.3) is 5.95 Å². The van der Waals surface area contributed by atoms with Gasteiger partial charge < -0.3 is 5.32 Å². The van der Waals surface area contributed by atoms with E-state index < -0.39 is 53.5 Å². The van der Waals surface area contributed by atoms with Crippen molar-refractivity contribution in [3.8, 4) is 5.95 Å². The average molecular weight is 484 g/mol. The lowest BCUT2D eigenvalue weighted by molar-refractivity contribution is -0.142. The molecule has 0 radical (unpaired) electrons. The Kier molecular flexibility index (Phi) is 5.99. The van der Waals surface area contributed by atoms with Gasteiger partial charge in [-0.25, -0.2) is 9.67 Å². The Morgan fingerprint density at radius 1 is 0.909 bits per heavy atom. The van der Waals surface area contributed by atoms with Gasteiger partial charge in [0.2, 0.25) is 5.95 Å². The summed E-state index contributed by atoms with van der Waals surface area (Å²) in [5.41, 5.74) is -4.31. The molecule has 3 aromatic rings. The molecule has 3 heterocycles. The third-order valence-corrected chi connectivity index (χ3v) is 3.68. The Hall–Kier alpha value is -3.79. The van der Waals surface area contributed by atoms with Crippen LogP contribution >= 0.6 is 0 Å². The SMILES string of the molecule is CC(=Nc1nc(Nc2ccnc(C(F)(F)F)c2)nc(-n2ccc(C(F)(F)F)n2)n1)C(F)(F)F. The number of alkyl halides is 9. The van der Waals surface area contributed by atoms with Crippen molar-refractivity contribution in [2.75, 3.05) is 5.32 Å². The molecule has 0 fully saturated rings. The van der Waals surface area contributed by atoms with Crippen LogP contribution in [-0.4, -0.2) is 41.6 Å². The predicted molar refractivity (Wildman–Crippen MR) is 93.3 cm³/mol. The summed E-state index contributed by atoms with van der Waals surface area (Å²) in [7, 11) is 0. The van der Waals surface area contributed by atoms with E-state index in [0.29, 0.717) is 23.7 Å². The Morgan fingerprint density at radius 2 is 1.58 bits per heavy atom. The number of nitrogens with zero attached hydrogens (tertiary/aromatic N) is 7. The van der Waals surface area contributed by atoms with Crippen LogP contribution in [0.1, 0.15) is 18.3 Å². The van der Waals surface area contributed by atoms with Gasteiger partial charge in [0.1, 0.15) is 11.4 Å². The summed E-state index contributed by atoms with van der Waals surface area (Å²) in [6.45, 7) is 0.588. The van der Waals surface area contributed by atoms with Crippen LogP contribution in [-0.2, 0) is 12.4 Å². The van der Waals surface area contributed by atoms with Gasteiger partial charge in [0.15, 0.2) is 5.69 Å². The maximum absolute atomic E-state index is 12.9. The molecule has 33 heavy (non-hydrogen) atoms. The van der Waals surface area contributed by atoms with Gasteiger partial charge in [-0.15, -0.1) is 0 Å². The van der Waals surface area contributed by atoms with E-state index in [4.69, 9.17) is 0 Å². The molecule has 0 aromatic carbocycles. The highest BCUT2D eigenvalue weighted by molar-refractivity contribution is 5.89. The van der Waals surface area contributed by atoms with E-state index in [1.165, 1.54) is 0 Å². The first-order valence-corrected chi connectivity index (χ1v) is 8.45. The van der Waals surface area contributed by atoms with Crippen LogP contribution in [0.4, 0.5) is 57.1 Å². The van der Waals surface area contributed by atoms with E-state index in [-0.39, 0.29) is 5.69 Å². The van der Waals surface area contributed by atoms with Crippen LogP contribution in [0.2, 0.25) is 0 Å². The predicted octanol–water partition coefficient (Wildman–Crippen LogP) is 4.89. The van der Waals surface area contributed by atoms with Crippen molar-refractivity contribution >= 4 is 23.3 Å². The third-order valence-electron chi connectivity index (χ3n) is 3.68. The molecule has 0 spiro atoms. The smallest absolute Gasteiger partial charge is 0.324 e. The fourth-order valence-corrected chi connectivity index (χ4v) is 2.15. The normalized spacial score (nSPS) is 13.3. The number of rotatable bonds is 4. The van der Waals surface area contributed by atoms with E-state index in [0.717, 1.165) is 18.5 Å². The van der Waals surface area contributed by atoms with Gasteiger partial charge in [0, 0.05) is 18.1 Å². The number of aromatic nitrogens is 6. The van der Waals surface area contributed by atoms with Crippen LogP contribution < -0.4 is 5.32 Å². The fourth-order valence-electron chi connectivity index (χ4n) is 2.15. The molecule has 1 N–H and O–H groups in total. The number of anilines is 2. The zero-order chi connectivity index (χ0) is 24.6. The quantitative estimate of drug-likeness (QED) is 0.419. The highest BCUT2D eigenvalue weighted by Gasteiger charge is 2.35. The van der Waals surface area contributed by atoms with Crippen LogP contribution in [0, 0.1) is 0 Å². The number of aliphatic imine (C=N–C) groups is 1. The second kappa shape index (κ2) is 8.28. The van der Waals surface area contributed by atoms with Gasteiger partial charge in [0.05, 0.1) is 0 Å². The van der Waals surface area contributed by atoms with Crippen LogP contribution in [0.5, 0.6) is 0 Å². The van der Waals surface area contributed by atoms with Gasteiger partial charge in [-0.3, -0.25) is 4.98 Å². The topological polar surface area (TPSA) is 93.8 Å². The largest absolute Gasteiger partial charge is 0.435 e. The summed E-state index contributed by atoms with van der Waals surface area (Å²) >= 11 is 0. The lowest BCUT2D eigenvalue weighted by Gasteiger charge is -2.10. The second-order valence-corrected chi connectivity index (χ2v) is 6.15. The first-order chi connectivity index (χ1) is 15.1. The maximum atomic E-state index is 12.9. The second-order valence-electron chi connectivity index (χ2n) is 6.15. The van der Waals surface area contributed by atoms with E-state index >= 15 is 0 Å². The monoisotopic (exact) mass is 484 g/mol. The molecule has 0 bridgehead atoms. The molecule has 0 amide bonds. The van der Waals surface area contributed by atoms with Crippen molar-refractivity contribution in [3.63, 3.8) is 0 Å². The average Bonchev–Trinajstić information content (AvgIpc) is 3.17. The summed E-state index contributed by atoms with van der Waals surface area (Å²) in [5, 5.41) is 5.50. The lowest BCUT2D eigenvalue weighted by atomic mass is 10.3. The molecule has 3 rings (SSSR count). The van der Waals surface area contributed by atoms with Crippen molar-refractivity contribution in [1.82, 2.24) is 29.7 Å². The van der Waals surface area contributed by atoms with Crippen molar-refractivity contribution in [2.24, 2.45) is 4.99 Å². The van der Waals surface area contributed by atoms with Gasteiger partial charge >= 0.3 is 18.5 Å². The molecule has 0 saturated heterocycles. The molecular weight excluding hydrogens is 475 g/mol. The molecule has 0 unspecified atom stereocenters. The third kappa shape index (κ3) is 5.92. The molecule has 176 valence electrons. The van der Waals surface area contributed by atoms with E-state index in [9.17, 15) is 39.5 Å². The number of hydrogen-bond donors (Lipinski definition) is 1. The van der Waals surface area contributed by atoms with Gasteiger partial charge in [-0.2, -0.15) is 59.6 Å². The minimum atomic E-state index is -4.87. The van der Waals surface area contributed by atoms with Crippen LogP contribution in [0.3, 0.4) is 0 Å². The van der Waals surface area contributed by atoms with E-state index in [1.54, 1.807) is 0 Å². The van der Waals surface area contributed by atoms with Crippen LogP contribution in [0.15, 0.2) is 35.6 Å². The molecule has 0 aliphatic carbocycles.